The number of halogens is 1. The summed E-state index contributed by atoms with van der Waals surface area (Å²) in [7, 11) is 1.59. The third kappa shape index (κ3) is 2.98. The lowest BCUT2D eigenvalue weighted by Crippen LogP contribution is -1.91. The number of hydrogen-bond donors (Lipinski definition) is 0. The van der Waals surface area contributed by atoms with E-state index < -0.39 is 0 Å². The fourth-order valence-electron chi connectivity index (χ4n) is 1.64. The summed E-state index contributed by atoms with van der Waals surface area (Å²) < 4.78 is 11.0. The van der Waals surface area contributed by atoms with E-state index in [1.54, 1.807) is 25.3 Å². The average molecular weight is 274 g/mol. The molecule has 0 bridgehead atoms. The number of rotatable bonds is 3. The Balaban J connectivity index is 2.33. The Hall–Kier alpha value is -2.18. The molecule has 3 nitrogen and oxygen atoms in total. The maximum atomic E-state index is 8.82. The smallest absolute Gasteiger partial charge is 0.169 e. The van der Waals surface area contributed by atoms with Crippen molar-refractivity contribution in [3.05, 3.63) is 52.5 Å². The molecule has 19 heavy (non-hydrogen) atoms. The van der Waals surface area contributed by atoms with Gasteiger partial charge in [0.1, 0.15) is 11.8 Å². The quantitative estimate of drug-likeness (QED) is 0.836. The Kier molecular flexibility index (Phi) is 3.94. The van der Waals surface area contributed by atoms with Crippen LogP contribution in [0.15, 0.2) is 36.4 Å². The largest absolute Gasteiger partial charge is 0.493 e. The summed E-state index contributed by atoms with van der Waals surface area (Å²) in [5, 5.41) is 9.19. The van der Waals surface area contributed by atoms with E-state index in [1.165, 1.54) is 0 Å². The van der Waals surface area contributed by atoms with Gasteiger partial charge >= 0.3 is 0 Å². The summed E-state index contributed by atoms with van der Waals surface area (Å²) in [4.78, 5) is 0. The first kappa shape index (κ1) is 13.3. The highest BCUT2D eigenvalue weighted by Crippen LogP contribution is 2.33. The van der Waals surface area contributed by atoms with Crippen LogP contribution in [0.3, 0.4) is 0 Å². The molecule has 4 heteroatoms. The molecule has 0 N–H and O–H groups in total. The lowest BCUT2D eigenvalue weighted by Gasteiger charge is -2.11. The molecule has 0 heterocycles. The van der Waals surface area contributed by atoms with Crippen LogP contribution in [0.4, 0.5) is 0 Å². The van der Waals surface area contributed by atoms with Gasteiger partial charge in [-0.2, -0.15) is 5.26 Å². The SMILES string of the molecule is COc1ccc(C)cc1Oc1ccc(C#N)c(Cl)c1. The molecule has 2 rings (SSSR count). The monoisotopic (exact) mass is 273 g/mol. The first-order chi connectivity index (χ1) is 9.13. The van der Waals surface area contributed by atoms with E-state index in [0.717, 1.165) is 5.56 Å². The van der Waals surface area contributed by atoms with E-state index in [4.69, 9.17) is 26.3 Å². The molecule has 0 atom stereocenters. The molecule has 0 fully saturated rings. The number of methoxy groups -OCH3 is 1. The van der Waals surface area contributed by atoms with Gasteiger partial charge in [-0.1, -0.05) is 17.7 Å². The summed E-state index contributed by atoms with van der Waals surface area (Å²) in [6.45, 7) is 1.97. The third-order valence-electron chi connectivity index (χ3n) is 2.61. The van der Waals surface area contributed by atoms with Gasteiger partial charge in [-0.25, -0.2) is 0 Å². The zero-order chi connectivity index (χ0) is 13.8. The summed E-state index contributed by atoms with van der Waals surface area (Å²) in [6, 6.07) is 12.6. The van der Waals surface area contributed by atoms with Gasteiger partial charge in [-0.15, -0.1) is 0 Å². The second kappa shape index (κ2) is 5.64. The lowest BCUT2D eigenvalue weighted by atomic mass is 10.2. The number of hydrogen-bond acceptors (Lipinski definition) is 3. The summed E-state index contributed by atoms with van der Waals surface area (Å²) in [6.07, 6.45) is 0. The number of benzene rings is 2. The van der Waals surface area contributed by atoms with Gasteiger partial charge < -0.3 is 9.47 Å². The topological polar surface area (TPSA) is 42.2 Å². The highest BCUT2D eigenvalue weighted by Gasteiger charge is 2.07. The molecule has 0 spiro atoms. The van der Waals surface area contributed by atoms with Crippen LogP contribution in [0.1, 0.15) is 11.1 Å². The standard InChI is InChI=1S/C15H12ClNO2/c1-10-3-6-14(18-2)15(7-10)19-12-5-4-11(9-17)13(16)8-12/h3-8H,1-2H3. The van der Waals surface area contributed by atoms with Crippen LogP contribution < -0.4 is 9.47 Å². The summed E-state index contributed by atoms with van der Waals surface area (Å²) in [5.41, 5.74) is 1.49. The zero-order valence-corrected chi connectivity index (χ0v) is 11.4. The zero-order valence-electron chi connectivity index (χ0n) is 10.6. The maximum absolute atomic E-state index is 8.82. The second-order valence-corrected chi connectivity index (χ2v) is 4.42. The molecular formula is C15H12ClNO2. The summed E-state index contributed by atoms with van der Waals surface area (Å²) in [5.74, 6) is 1.82. The molecular weight excluding hydrogens is 262 g/mol. The van der Waals surface area contributed by atoms with Crippen molar-refractivity contribution in [2.24, 2.45) is 0 Å². The number of ether oxygens (including phenoxy) is 2. The normalized spacial score (nSPS) is 9.79. The van der Waals surface area contributed by atoms with Gasteiger partial charge in [0.15, 0.2) is 11.5 Å². The molecule has 0 saturated heterocycles. The predicted octanol–water partition coefficient (Wildman–Crippen LogP) is 4.32. The molecule has 0 amide bonds. The molecule has 0 saturated carbocycles. The van der Waals surface area contributed by atoms with Crippen LogP contribution in [-0.4, -0.2) is 7.11 Å². The van der Waals surface area contributed by atoms with Gasteiger partial charge in [-0.3, -0.25) is 0 Å². The van der Waals surface area contributed by atoms with E-state index in [9.17, 15) is 0 Å². The minimum Gasteiger partial charge on any atom is -0.493 e. The third-order valence-corrected chi connectivity index (χ3v) is 2.92. The first-order valence-electron chi connectivity index (χ1n) is 5.66. The number of aryl methyl sites for hydroxylation is 1. The van der Waals surface area contributed by atoms with Crippen LogP contribution in [0, 0.1) is 18.3 Å². The second-order valence-electron chi connectivity index (χ2n) is 4.01. The highest BCUT2D eigenvalue weighted by atomic mass is 35.5. The van der Waals surface area contributed by atoms with Crippen molar-refractivity contribution in [3.63, 3.8) is 0 Å². The lowest BCUT2D eigenvalue weighted by molar-refractivity contribution is 0.378. The van der Waals surface area contributed by atoms with Crippen molar-refractivity contribution in [3.8, 4) is 23.3 Å². The van der Waals surface area contributed by atoms with E-state index in [0.29, 0.717) is 27.8 Å². The van der Waals surface area contributed by atoms with Crippen LogP contribution >= 0.6 is 11.6 Å². The molecule has 0 radical (unpaired) electrons. The average Bonchev–Trinajstić information content (AvgIpc) is 2.39. The first-order valence-corrected chi connectivity index (χ1v) is 6.04. The molecule has 0 aliphatic carbocycles. The Morgan fingerprint density at radius 2 is 1.89 bits per heavy atom. The molecule has 0 aliphatic heterocycles. The Morgan fingerprint density at radius 1 is 1.11 bits per heavy atom. The van der Waals surface area contributed by atoms with Crippen molar-refractivity contribution < 1.29 is 9.47 Å². The van der Waals surface area contributed by atoms with Crippen LogP contribution in [0.2, 0.25) is 5.02 Å². The highest BCUT2D eigenvalue weighted by molar-refractivity contribution is 6.31. The minimum absolute atomic E-state index is 0.367. The molecule has 0 unspecified atom stereocenters. The van der Waals surface area contributed by atoms with Crippen molar-refractivity contribution >= 4 is 11.6 Å². The Morgan fingerprint density at radius 3 is 2.53 bits per heavy atom. The fourth-order valence-corrected chi connectivity index (χ4v) is 1.85. The van der Waals surface area contributed by atoms with Gasteiger partial charge in [-0.05, 0) is 36.8 Å². The summed E-state index contributed by atoms with van der Waals surface area (Å²) >= 11 is 5.97. The van der Waals surface area contributed by atoms with Gasteiger partial charge in [0.2, 0.25) is 0 Å². The molecule has 2 aromatic carbocycles. The number of nitrogens with zero attached hydrogens (tertiary/aromatic N) is 1. The van der Waals surface area contributed by atoms with E-state index >= 15 is 0 Å². The Labute approximate surface area is 117 Å². The van der Waals surface area contributed by atoms with Crippen LogP contribution in [0.5, 0.6) is 17.2 Å². The van der Waals surface area contributed by atoms with Gasteiger partial charge in [0.05, 0.1) is 17.7 Å². The number of nitriles is 1. The molecule has 96 valence electrons. The van der Waals surface area contributed by atoms with E-state index in [1.807, 2.05) is 31.2 Å². The van der Waals surface area contributed by atoms with Crippen molar-refractivity contribution in [1.29, 1.82) is 5.26 Å². The van der Waals surface area contributed by atoms with E-state index in [-0.39, 0.29) is 0 Å². The van der Waals surface area contributed by atoms with Gasteiger partial charge in [0, 0.05) is 6.07 Å². The fraction of sp³-hybridized carbons (Fsp3) is 0.133. The van der Waals surface area contributed by atoms with E-state index in [2.05, 4.69) is 0 Å². The van der Waals surface area contributed by atoms with Crippen molar-refractivity contribution in [2.45, 2.75) is 6.92 Å². The molecule has 0 aromatic heterocycles. The Bertz CT molecular complexity index is 647. The van der Waals surface area contributed by atoms with Crippen molar-refractivity contribution in [1.82, 2.24) is 0 Å². The van der Waals surface area contributed by atoms with Crippen LogP contribution in [-0.2, 0) is 0 Å². The maximum Gasteiger partial charge on any atom is 0.169 e. The van der Waals surface area contributed by atoms with Crippen LogP contribution in [0.25, 0.3) is 0 Å². The molecule has 0 aliphatic rings. The van der Waals surface area contributed by atoms with Gasteiger partial charge in [0.25, 0.3) is 0 Å². The van der Waals surface area contributed by atoms with Crippen molar-refractivity contribution in [2.75, 3.05) is 7.11 Å². The molecule has 2 aromatic rings. The minimum atomic E-state index is 0.367. The predicted molar refractivity (Wildman–Crippen MR) is 74.0 cm³/mol.